The lowest BCUT2D eigenvalue weighted by atomic mass is 9.73. The normalized spacial score (nSPS) is 50.1. The third-order valence-electron chi connectivity index (χ3n) is 14.2. The van der Waals surface area contributed by atoms with Gasteiger partial charge in [-0.2, -0.15) is 0 Å². The van der Waals surface area contributed by atoms with Gasteiger partial charge in [0.1, 0.15) is 12.2 Å². The lowest BCUT2D eigenvalue weighted by Gasteiger charge is -2.52. The van der Waals surface area contributed by atoms with E-state index in [0.717, 1.165) is 0 Å². The molecule has 0 aliphatic carbocycles. The van der Waals surface area contributed by atoms with E-state index >= 15 is 0 Å². The van der Waals surface area contributed by atoms with Gasteiger partial charge in [-0.05, 0) is 71.6 Å². The molecular formula is C40H64BO14-. The van der Waals surface area contributed by atoms with Crippen LogP contribution in [0.5, 0.6) is 0 Å². The average Bonchev–Trinajstić information content (AvgIpc) is 3.75. The van der Waals surface area contributed by atoms with Gasteiger partial charge in [-0.1, -0.05) is 53.7 Å². The molecule has 6 fully saturated rings. The van der Waals surface area contributed by atoms with Crippen molar-refractivity contribution in [3.8, 4) is 0 Å². The van der Waals surface area contributed by atoms with Crippen LogP contribution in [0, 0.1) is 22.7 Å². The first-order chi connectivity index (χ1) is 25.8. The Bertz CT molecular complexity index is 1460. The summed E-state index contributed by atoms with van der Waals surface area (Å²) in [5, 5.41) is 34.1. The molecule has 3 N–H and O–H groups in total. The van der Waals surface area contributed by atoms with Crippen molar-refractivity contribution in [1.29, 1.82) is 0 Å². The summed E-state index contributed by atoms with van der Waals surface area (Å²) in [5.74, 6) is -6.21. The Balaban J connectivity index is 1.38. The van der Waals surface area contributed by atoms with Gasteiger partial charge >= 0.3 is 18.9 Å². The fourth-order valence-corrected chi connectivity index (χ4v) is 9.99. The van der Waals surface area contributed by atoms with Crippen LogP contribution in [-0.4, -0.2) is 113 Å². The maximum absolute atomic E-state index is 14.6. The quantitative estimate of drug-likeness (QED) is 0.194. The van der Waals surface area contributed by atoms with Crippen molar-refractivity contribution in [2.24, 2.45) is 22.7 Å². The van der Waals surface area contributed by atoms with Crippen LogP contribution < -0.4 is 0 Å². The first-order valence-corrected chi connectivity index (χ1v) is 20.8. The first-order valence-electron chi connectivity index (χ1n) is 20.8. The van der Waals surface area contributed by atoms with E-state index in [-0.39, 0.29) is 12.5 Å². The summed E-state index contributed by atoms with van der Waals surface area (Å²) >= 11 is 0. The van der Waals surface area contributed by atoms with Gasteiger partial charge in [0.05, 0.1) is 42.7 Å². The second-order valence-corrected chi connectivity index (χ2v) is 18.7. The van der Waals surface area contributed by atoms with Crippen LogP contribution in [0.1, 0.15) is 126 Å². The summed E-state index contributed by atoms with van der Waals surface area (Å²) in [6.07, 6.45) is 0.333. The summed E-state index contributed by atoms with van der Waals surface area (Å²) < 4.78 is 59.4. The minimum absolute atomic E-state index is 0.169. The summed E-state index contributed by atoms with van der Waals surface area (Å²) in [6, 6.07) is 0. The molecule has 14 nitrogen and oxygen atoms in total. The Morgan fingerprint density at radius 2 is 1.29 bits per heavy atom. The fraction of sp³-hybridized carbons (Fsp3) is 0.900. The summed E-state index contributed by atoms with van der Waals surface area (Å²) in [7, 11) is 0. The summed E-state index contributed by atoms with van der Waals surface area (Å²) in [5.41, 5.74) is -1.59. The van der Waals surface area contributed by atoms with Crippen molar-refractivity contribution >= 4 is 18.9 Å². The van der Waals surface area contributed by atoms with Gasteiger partial charge in [-0.3, -0.25) is 0 Å². The highest BCUT2D eigenvalue weighted by molar-refractivity contribution is 6.56. The van der Waals surface area contributed by atoms with Crippen LogP contribution in [0.25, 0.3) is 0 Å². The highest BCUT2D eigenvalue weighted by Crippen LogP contribution is 2.57. The number of hydrogen-bond donors (Lipinski definition) is 3. The molecule has 0 aromatic heterocycles. The van der Waals surface area contributed by atoms with Crippen LogP contribution in [0.4, 0.5) is 0 Å². The third kappa shape index (κ3) is 7.35. The van der Waals surface area contributed by atoms with E-state index in [4.69, 9.17) is 42.3 Å². The summed E-state index contributed by atoms with van der Waals surface area (Å²) in [4.78, 5) is 29.2. The zero-order valence-corrected chi connectivity index (χ0v) is 33.8. The number of carbonyl (C=O) groups excluding carboxylic acids is 2. The number of carbonyl (C=O) groups is 2. The molecule has 15 heteroatoms. The number of esters is 2. The van der Waals surface area contributed by atoms with Crippen molar-refractivity contribution in [1.82, 2.24) is 0 Å². The van der Waals surface area contributed by atoms with Crippen molar-refractivity contribution in [2.75, 3.05) is 0 Å². The minimum Gasteiger partial charge on any atom is -0.504 e. The van der Waals surface area contributed by atoms with E-state index < -0.39 is 114 Å². The third-order valence-corrected chi connectivity index (χ3v) is 14.2. The molecule has 7 rings (SSSR count). The smallest absolute Gasteiger partial charge is 0.504 e. The molecule has 0 saturated carbocycles. The van der Waals surface area contributed by atoms with E-state index in [1.54, 1.807) is 6.92 Å². The van der Waals surface area contributed by atoms with Gasteiger partial charge < -0.3 is 57.6 Å². The number of allylic oxidation sites excluding steroid dienone is 1. The van der Waals surface area contributed by atoms with Crippen LogP contribution in [0.3, 0.4) is 0 Å². The monoisotopic (exact) mass is 779 g/mol. The molecule has 7 aliphatic rings. The number of aliphatic hydroxyl groups is 3. The Hall–Kier alpha value is -1.66. The van der Waals surface area contributed by atoms with Crippen molar-refractivity contribution in [3.63, 3.8) is 0 Å². The predicted molar refractivity (Wildman–Crippen MR) is 196 cm³/mol. The molecule has 3 unspecified atom stereocenters. The van der Waals surface area contributed by atoms with Crippen LogP contribution in [0.2, 0.25) is 0 Å². The number of rotatable bonds is 1. The van der Waals surface area contributed by atoms with E-state index in [2.05, 4.69) is 0 Å². The van der Waals surface area contributed by atoms with E-state index in [0.29, 0.717) is 64.2 Å². The molecule has 0 aromatic carbocycles. The van der Waals surface area contributed by atoms with E-state index in [9.17, 15) is 24.9 Å². The number of fused-ring (bicyclic) bond motifs is 6. The Morgan fingerprint density at radius 1 is 0.745 bits per heavy atom. The molecule has 9 bridgehead atoms. The number of ether oxygens (including phenoxy) is 5. The maximum atomic E-state index is 14.6. The standard InChI is InChI=1S/C40H64BO14/c1-22-18-20-32-38(7,8)30(44)16-12-13-26-21-28(25(4)47-26)49-36(46)34-40-23(2)17-19-31(50-40)37(5,6)29(43)15-11-9-10-14-27(24(3)42)48-35(45)33-39(22,51-32)54-41(52-33,53-34)55-40/h9-10,22-34,42-44H,11-21H2,1-8H3/q-1/b10-9-/t22-,23-,24?,25-,26-,27+,28+,29+,30-,31+,32-,33+,34+,39-,40?,41?/m1/s1. The van der Waals surface area contributed by atoms with Gasteiger partial charge in [0.2, 0.25) is 0 Å². The number of cyclic esters (lactones) is 1. The van der Waals surface area contributed by atoms with E-state index in [1.807, 2.05) is 60.6 Å². The molecule has 7 aliphatic heterocycles. The van der Waals surface area contributed by atoms with Crippen LogP contribution in [-0.2, 0) is 51.9 Å². The highest BCUT2D eigenvalue weighted by Gasteiger charge is 2.73. The number of aliphatic hydroxyl groups excluding tert-OH is 3. The molecule has 0 radical (unpaired) electrons. The lowest BCUT2D eigenvalue weighted by molar-refractivity contribution is -0.311. The maximum Gasteiger partial charge on any atom is 0.536 e. The topological polar surface area (TPSA) is 178 Å². The van der Waals surface area contributed by atoms with Crippen molar-refractivity contribution < 1.29 is 67.2 Å². The highest BCUT2D eigenvalue weighted by atomic mass is 17.0. The Kier molecular flexibility index (Phi) is 11.5. The number of hydrogen-bond acceptors (Lipinski definition) is 14. The van der Waals surface area contributed by atoms with E-state index in [1.165, 1.54) is 0 Å². The van der Waals surface area contributed by atoms with Crippen LogP contribution in [0.15, 0.2) is 12.2 Å². The second-order valence-electron chi connectivity index (χ2n) is 18.7. The molecule has 312 valence electrons. The Labute approximate surface area is 325 Å². The SMILES string of the molecule is CC(O)[C@@H]1C/C=C\CC[C@H](O)C(C)(C)[C@@H]2CC[C@@H](C)C3(O2)O[B-]24O[C@H]3C(=O)O[C@H]3C[C@@H](CCC[C@@H](O)C(C)(C)[C@H]5CC[C@@H](C)[C@@](O5)(O2)[C@@H](O4)C(=O)O1)O[C@@H]3C. The van der Waals surface area contributed by atoms with Crippen molar-refractivity contribution in [2.45, 2.75) is 205 Å². The second kappa shape index (κ2) is 15.2. The molecule has 55 heavy (non-hydrogen) atoms. The molecule has 3 spiro atoms. The molecule has 7 heterocycles. The molecular weight excluding hydrogens is 715 g/mol. The molecule has 6 saturated heterocycles. The predicted octanol–water partition coefficient (Wildman–Crippen LogP) is 4.36. The average molecular weight is 780 g/mol. The molecule has 16 atom stereocenters. The zero-order valence-electron chi connectivity index (χ0n) is 33.8. The van der Waals surface area contributed by atoms with Crippen LogP contribution >= 0.6 is 0 Å². The van der Waals surface area contributed by atoms with Gasteiger partial charge in [-0.15, -0.1) is 0 Å². The van der Waals surface area contributed by atoms with Gasteiger partial charge in [0.15, 0.2) is 23.8 Å². The molecule has 0 amide bonds. The largest absolute Gasteiger partial charge is 0.536 e. The minimum atomic E-state index is -3.46. The van der Waals surface area contributed by atoms with Gasteiger partial charge in [0, 0.05) is 35.5 Å². The Morgan fingerprint density at radius 3 is 1.85 bits per heavy atom. The van der Waals surface area contributed by atoms with Crippen molar-refractivity contribution in [3.05, 3.63) is 12.2 Å². The fourth-order valence-electron chi connectivity index (χ4n) is 9.99. The van der Waals surface area contributed by atoms with Gasteiger partial charge in [0.25, 0.3) is 0 Å². The first kappa shape index (κ1) is 41.5. The lowest BCUT2D eigenvalue weighted by Crippen LogP contribution is -2.61. The molecule has 0 aromatic rings. The summed E-state index contributed by atoms with van der Waals surface area (Å²) in [6.45, 7) is 11.5. The zero-order chi connectivity index (χ0) is 39.7. The van der Waals surface area contributed by atoms with Gasteiger partial charge in [-0.25, -0.2) is 9.59 Å².